The minimum atomic E-state index is 0. The Morgan fingerprint density at radius 3 is 2.13 bits per heavy atom. The maximum atomic E-state index is 12.9. The number of hydrogen-bond donors (Lipinski definition) is 0. The SMILES string of the molecule is CCCCC(CC)COc1cc(C)c(PC(=O)c2ccc(C(C)(C)C)cc2)c(C)c1.[H-].[Li+]. The predicted octanol–water partition coefficient (Wildman–Crippen LogP) is 4.46. The number of rotatable bonds is 10. The molecule has 166 valence electrons. The molecule has 0 N–H and O–H groups in total. The molecule has 0 radical (unpaired) electrons. The zero-order valence-electron chi connectivity index (χ0n) is 21.9. The van der Waals surface area contributed by atoms with Crippen LogP contribution in [0.4, 0.5) is 0 Å². The molecule has 2 nitrogen and oxygen atoms in total. The molecule has 4 heteroatoms. The molecule has 0 bridgehead atoms. The van der Waals surface area contributed by atoms with Crippen LogP contribution < -0.4 is 28.9 Å². The second-order valence-corrected chi connectivity index (χ2v) is 10.6. The van der Waals surface area contributed by atoms with Crippen LogP contribution in [0.2, 0.25) is 0 Å². The summed E-state index contributed by atoms with van der Waals surface area (Å²) in [5.74, 6) is 1.54. The smallest absolute Gasteiger partial charge is 1.00 e. The van der Waals surface area contributed by atoms with E-state index < -0.39 is 0 Å². The molecular weight excluding hydrogens is 394 g/mol. The molecule has 0 spiro atoms. The molecule has 2 rings (SSSR count). The molecular formula is C27H40LiO2P. The minimum Gasteiger partial charge on any atom is -1.00 e. The van der Waals surface area contributed by atoms with Crippen LogP contribution in [0.5, 0.6) is 5.75 Å². The largest absolute Gasteiger partial charge is 1.00 e. The van der Waals surface area contributed by atoms with E-state index in [1.165, 1.54) is 24.8 Å². The van der Waals surface area contributed by atoms with Crippen LogP contribution in [-0.4, -0.2) is 12.1 Å². The molecule has 0 saturated carbocycles. The van der Waals surface area contributed by atoms with Crippen molar-refractivity contribution in [3.63, 3.8) is 0 Å². The first-order chi connectivity index (χ1) is 14.2. The first-order valence-corrected chi connectivity index (χ1v) is 12.3. The molecule has 0 aliphatic carbocycles. The number of benzene rings is 2. The number of carbonyl (C=O) groups is 1. The van der Waals surface area contributed by atoms with E-state index in [9.17, 15) is 4.79 Å². The molecule has 0 heterocycles. The first kappa shape index (κ1) is 28.0. The van der Waals surface area contributed by atoms with E-state index in [1.54, 1.807) is 0 Å². The first-order valence-electron chi connectivity index (χ1n) is 11.3. The number of aryl methyl sites for hydroxylation is 2. The van der Waals surface area contributed by atoms with E-state index in [-0.39, 0.29) is 39.8 Å². The Balaban J connectivity index is 0.00000480. The fourth-order valence-electron chi connectivity index (χ4n) is 3.62. The van der Waals surface area contributed by atoms with Crippen molar-refractivity contribution in [2.24, 2.45) is 5.92 Å². The number of hydrogen-bond acceptors (Lipinski definition) is 2. The normalized spacial score (nSPS) is 12.6. The Kier molecular flexibility index (Phi) is 11.6. The second-order valence-electron chi connectivity index (χ2n) is 9.44. The van der Waals surface area contributed by atoms with Gasteiger partial charge < -0.3 is 6.16 Å². The van der Waals surface area contributed by atoms with E-state index in [4.69, 9.17) is 4.74 Å². The van der Waals surface area contributed by atoms with Crippen molar-refractivity contribution in [2.75, 3.05) is 6.61 Å². The van der Waals surface area contributed by atoms with Gasteiger partial charge in [0.15, 0.2) is 5.52 Å². The minimum absolute atomic E-state index is 0. The maximum absolute atomic E-state index is 12.9. The van der Waals surface area contributed by atoms with Gasteiger partial charge in [0.05, 0.1) is 6.61 Å². The summed E-state index contributed by atoms with van der Waals surface area (Å²) in [6.45, 7) is 16.0. The van der Waals surface area contributed by atoms with Crippen LogP contribution in [0.3, 0.4) is 0 Å². The van der Waals surface area contributed by atoms with Crippen molar-refractivity contribution in [2.45, 2.75) is 79.6 Å². The standard InChI is InChI=1S/C27H39O2P.Li.H/c1-8-10-11-21(9-2)18-29-24-16-19(3)25(20(4)17-24)30-26(28)22-12-14-23(15-13-22)27(5,6)7;;/h12-17,21,30H,8-11,18H2,1-7H3;;/q;+1;-1. The summed E-state index contributed by atoms with van der Waals surface area (Å²) in [5, 5.41) is 1.14. The zero-order valence-corrected chi connectivity index (χ0v) is 21.9. The van der Waals surface area contributed by atoms with Gasteiger partial charge in [-0.3, -0.25) is 4.79 Å². The molecule has 2 aromatic rings. The molecule has 0 saturated heterocycles. The van der Waals surface area contributed by atoms with Crippen molar-refractivity contribution in [1.29, 1.82) is 0 Å². The second kappa shape index (κ2) is 12.8. The fourth-order valence-corrected chi connectivity index (χ4v) is 4.70. The Hall–Kier alpha value is -1.06. The molecule has 2 unspecified atom stereocenters. The molecule has 0 amide bonds. The molecule has 0 aromatic heterocycles. The van der Waals surface area contributed by atoms with Gasteiger partial charge in [-0.2, -0.15) is 0 Å². The molecule has 2 atom stereocenters. The molecule has 0 aliphatic heterocycles. The molecule has 2 aromatic carbocycles. The number of unbranched alkanes of at least 4 members (excludes halogenated alkanes) is 1. The Bertz CT molecular complexity index is 821. The van der Waals surface area contributed by atoms with Gasteiger partial charge in [0.2, 0.25) is 0 Å². The van der Waals surface area contributed by atoms with Gasteiger partial charge in [0.25, 0.3) is 0 Å². The van der Waals surface area contributed by atoms with Crippen LogP contribution in [0, 0.1) is 19.8 Å². The van der Waals surface area contributed by atoms with Gasteiger partial charge >= 0.3 is 18.9 Å². The van der Waals surface area contributed by atoms with E-state index in [1.807, 2.05) is 12.1 Å². The summed E-state index contributed by atoms with van der Waals surface area (Å²) in [6, 6.07) is 12.3. The van der Waals surface area contributed by atoms with Gasteiger partial charge in [-0.05, 0) is 74.3 Å². The Morgan fingerprint density at radius 2 is 1.65 bits per heavy atom. The van der Waals surface area contributed by atoms with Crippen LogP contribution in [-0.2, 0) is 5.41 Å². The summed E-state index contributed by atoms with van der Waals surface area (Å²) in [6.07, 6.45) is 4.88. The number of ether oxygens (including phenoxy) is 1. The third-order valence-electron chi connectivity index (χ3n) is 5.79. The van der Waals surface area contributed by atoms with Gasteiger partial charge in [-0.25, -0.2) is 0 Å². The van der Waals surface area contributed by atoms with E-state index in [2.05, 4.69) is 72.7 Å². The Labute approximate surface area is 205 Å². The van der Waals surface area contributed by atoms with Gasteiger partial charge in [-0.15, -0.1) is 0 Å². The van der Waals surface area contributed by atoms with Gasteiger partial charge in [0, 0.05) is 5.56 Å². The summed E-state index contributed by atoms with van der Waals surface area (Å²) in [5.41, 5.74) is 4.62. The number of carbonyl (C=O) groups excluding carboxylic acids is 1. The van der Waals surface area contributed by atoms with Crippen LogP contribution in [0.15, 0.2) is 36.4 Å². The van der Waals surface area contributed by atoms with Crippen LogP contribution >= 0.6 is 8.58 Å². The van der Waals surface area contributed by atoms with Crippen LogP contribution in [0.1, 0.15) is 88.8 Å². The van der Waals surface area contributed by atoms with Crippen molar-refractivity contribution in [3.8, 4) is 5.75 Å². The molecule has 0 fully saturated rings. The van der Waals surface area contributed by atoms with Gasteiger partial charge in [-0.1, -0.05) is 78.1 Å². The predicted molar refractivity (Wildman–Crippen MR) is 133 cm³/mol. The van der Waals surface area contributed by atoms with E-state index >= 15 is 0 Å². The monoisotopic (exact) mass is 434 g/mol. The summed E-state index contributed by atoms with van der Waals surface area (Å²) >= 11 is 0. The average Bonchev–Trinajstić information content (AvgIpc) is 2.70. The maximum Gasteiger partial charge on any atom is 1.00 e. The topological polar surface area (TPSA) is 26.3 Å². The zero-order chi connectivity index (χ0) is 22.3. The third-order valence-corrected chi connectivity index (χ3v) is 7.34. The van der Waals surface area contributed by atoms with E-state index in [0.717, 1.165) is 40.8 Å². The van der Waals surface area contributed by atoms with Gasteiger partial charge in [0.1, 0.15) is 5.75 Å². The van der Waals surface area contributed by atoms with E-state index in [0.29, 0.717) is 5.92 Å². The summed E-state index contributed by atoms with van der Waals surface area (Å²) < 4.78 is 6.13. The quantitative estimate of drug-likeness (QED) is 0.408. The molecule has 31 heavy (non-hydrogen) atoms. The van der Waals surface area contributed by atoms with Crippen molar-refractivity contribution < 1.29 is 29.8 Å². The van der Waals surface area contributed by atoms with Crippen molar-refractivity contribution >= 4 is 19.4 Å². The summed E-state index contributed by atoms with van der Waals surface area (Å²) in [7, 11) is 0.136. The van der Waals surface area contributed by atoms with Crippen LogP contribution in [0.25, 0.3) is 0 Å². The average molecular weight is 435 g/mol. The molecule has 0 aliphatic rings. The van der Waals surface area contributed by atoms with Crippen molar-refractivity contribution in [3.05, 3.63) is 58.7 Å². The fraction of sp³-hybridized carbons (Fsp3) is 0.519. The summed E-state index contributed by atoms with van der Waals surface area (Å²) in [4.78, 5) is 12.9. The van der Waals surface area contributed by atoms with Crippen molar-refractivity contribution in [1.82, 2.24) is 0 Å². The third kappa shape index (κ3) is 8.42. The Morgan fingerprint density at radius 1 is 1.06 bits per heavy atom.